The van der Waals surface area contributed by atoms with Crippen LogP contribution in [0.5, 0.6) is 0 Å². The fourth-order valence-corrected chi connectivity index (χ4v) is 3.18. The molecule has 0 fully saturated rings. The van der Waals surface area contributed by atoms with Crippen LogP contribution >= 0.6 is 0 Å². The van der Waals surface area contributed by atoms with Crippen molar-refractivity contribution in [1.82, 2.24) is 15.0 Å². The summed E-state index contributed by atoms with van der Waals surface area (Å²) in [5.74, 6) is 0.249. The topological polar surface area (TPSA) is 70.7 Å². The number of nitrogens with one attached hydrogen (secondary N) is 2. The maximum atomic E-state index is 13.4. The number of alkyl halides is 6. The molecule has 0 bridgehead atoms. The van der Waals surface area contributed by atoms with Crippen LogP contribution in [0, 0.1) is 0 Å². The van der Waals surface area contributed by atoms with Crippen LogP contribution in [0.25, 0.3) is 22.2 Å². The zero-order chi connectivity index (χ0) is 23.1. The van der Waals surface area contributed by atoms with Crippen molar-refractivity contribution in [3.05, 3.63) is 82.4 Å². The molecule has 2 heterocycles. The summed E-state index contributed by atoms with van der Waals surface area (Å²) in [6.07, 6.45) is -7.05. The van der Waals surface area contributed by atoms with Gasteiger partial charge in [-0.05, 0) is 36.4 Å². The molecule has 0 amide bonds. The average Bonchev–Trinajstić information content (AvgIpc) is 2.72. The number of aromatic amines is 1. The van der Waals surface area contributed by atoms with E-state index in [-0.39, 0.29) is 16.9 Å². The quantitative estimate of drug-likeness (QED) is 0.389. The van der Waals surface area contributed by atoms with Crippen LogP contribution in [0.1, 0.15) is 11.1 Å². The molecule has 0 aliphatic rings. The van der Waals surface area contributed by atoms with Gasteiger partial charge in [0.15, 0.2) is 5.43 Å². The third kappa shape index (κ3) is 4.13. The minimum Gasteiger partial charge on any atom is -0.360 e. The molecule has 164 valence electrons. The molecule has 0 saturated carbocycles. The molecule has 4 rings (SSSR count). The molecule has 4 aromatic rings. The Kier molecular flexibility index (Phi) is 5.11. The van der Waals surface area contributed by atoms with Crippen LogP contribution < -0.4 is 10.7 Å². The van der Waals surface area contributed by atoms with Crippen molar-refractivity contribution in [2.45, 2.75) is 12.4 Å². The Bertz CT molecular complexity index is 1340. The lowest BCUT2D eigenvalue weighted by Crippen LogP contribution is -2.20. The van der Waals surface area contributed by atoms with E-state index in [1.165, 1.54) is 30.3 Å². The van der Waals surface area contributed by atoms with Gasteiger partial charge < -0.3 is 10.3 Å². The Morgan fingerprint density at radius 1 is 0.844 bits per heavy atom. The van der Waals surface area contributed by atoms with Gasteiger partial charge >= 0.3 is 12.4 Å². The van der Waals surface area contributed by atoms with E-state index < -0.39 is 34.6 Å². The van der Waals surface area contributed by atoms with Crippen molar-refractivity contribution in [3.63, 3.8) is 0 Å². The molecule has 0 aliphatic carbocycles. The van der Waals surface area contributed by atoms with E-state index in [2.05, 4.69) is 20.3 Å². The SMILES string of the molecule is O=c1cc[nH]c(-c2ccc3c(Nc4ccc(C(F)(F)F)cc4)ncnc3c2)c1C(F)(F)F. The summed E-state index contributed by atoms with van der Waals surface area (Å²) >= 11 is 0. The van der Waals surface area contributed by atoms with Crippen molar-refractivity contribution >= 4 is 22.4 Å². The number of aromatic nitrogens is 3. The summed E-state index contributed by atoms with van der Waals surface area (Å²) in [6.45, 7) is 0. The van der Waals surface area contributed by atoms with Gasteiger partial charge in [0.05, 0.1) is 16.8 Å². The Morgan fingerprint density at radius 2 is 1.56 bits per heavy atom. The van der Waals surface area contributed by atoms with Crippen molar-refractivity contribution in [1.29, 1.82) is 0 Å². The second-order valence-electron chi connectivity index (χ2n) is 6.74. The maximum Gasteiger partial charge on any atom is 0.422 e. The number of pyridine rings is 1. The number of halogens is 6. The monoisotopic (exact) mass is 450 g/mol. The van der Waals surface area contributed by atoms with E-state index >= 15 is 0 Å². The minimum atomic E-state index is -4.86. The Morgan fingerprint density at radius 3 is 2.22 bits per heavy atom. The van der Waals surface area contributed by atoms with Crippen LogP contribution in [0.3, 0.4) is 0 Å². The summed E-state index contributed by atoms with van der Waals surface area (Å²) in [5.41, 5.74) is -3.02. The molecule has 32 heavy (non-hydrogen) atoms. The van der Waals surface area contributed by atoms with Crippen LogP contribution in [-0.4, -0.2) is 15.0 Å². The first-order valence-electron chi connectivity index (χ1n) is 9.02. The number of nitrogens with zero attached hydrogens (tertiary/aromatic N) is 2. The third-order valence-electron chi connectivity index (χ3n) is 4.64. The zero-order valence-corrected chi connectivity index (χ0v) is 15.8. The van der Waals surface area contributed by atoms with Crippen LogP contribution in [-0.2, 0) is 12.4 Å². The lowest BCUT2D eigenvalue weighted by atomic mass is 10.0. The molecule has 5 nitrogen and oxygen atoms in total. The van der Waals surface area contributed by atoms with Crippen LogP contribution in [0.4, 0.5) is 37.8 Å². The van der Waals surface area contributed by atoms with Gasteiger partial charge in [-0.3, -0.25) is 4.79 Å². The summed E-state index contributed by atoms with van der Waals surface area (Å²) in [4.78, 5) is 22.4. The molecule has 0 saturated heterocycles. The fourth-order valence-electron chi connectivity index (χ4n) is 3.18. The Hall–Kier alpha value is -3.89. The standard InChI is InChI=1S/C21H12F6N4O/c22-20(23,24)12-2-4-13(5-3-12)31-19-14-6-1-11(9-15(14)29-10-30-19)18-17(21(25,26)27)16(32)7-8-28-18/h1-10H,(H,28,32)(H,29,30,31). The highest BCUT2D eigenvalue weighted by atomic mass is 19.4. The molecule has 0 unspecified atom stereocenters. The van der Waals surface area contributed by atoms with Crippen molar-refractivity contribution in [2.75, 3.05) is 5.32 Å². The van der Waals surface area contributed by atoms with E-state index in [4.69, 9.17) is 0 Å². The zero-order valence-electron chi connectivity index (χ0n) is 15.8. The summed E-state index contributed by atoms with van der Waals surface area (Å²) in [7, 11) is 0. The lowest BCUT2D eigenvalue weighted by molar-refractivity contribution is -0.138. The summed E-state index contributed by atoms with van der Waals surface area (Å²) in [6, 6.07) is 9.26. The van der Waals surface area contributed by atoms with Crippen LogP contribution in [0.15, 0.2) is 65.8 Å². The Balaban J connectivity index is 1.73. The first-order chi connectivity index (χ1) is 15.0. The molecule has 0 atom stereocenters. The normalized spacial score (nSPS) is 12.2. The molecule has 2 aromatic carbocycles. The summed E-state index contributed by atoms with van der Waals surface area (Å²) < 4.78 is 78.4. The third-order valence-corrected chi connectivity index (χ3v) is 4.64. The number of benzene rings is 2. The van der Waals surface area contributed by atoms with Crippen LogP contribution in [0.2, 0.25) is 0 Å². The lowest BCUT2D eigenvalue weighted by Gasteiger charge is -2.13. The van der Waals surface area contributed by atoms with E-state index in [0.29, 0.717) is 11.1 Å². The van der Waals surface area contributed by atoms with Gasteiger partial charge in [0.25, 0.3) is 0 Å². The Labute approximate surface area is 175 Å². The first kappa shape index (κ1) is 21.3. The predicted octanol–water partition coefficient (Wildman–Crippen LogP) is 5.77. The van der Waals surface area contributed by atoms with E-state index in [1.54, 1.807) is 0 Å². The second-order valence-corrected chi connectivity index (χ2v) is 6.74. The van der Waals surface area contributed by atoms with E-state index in [0.717, 1.165) is 30.7 Å². The molecular weight excluding hydrogens is 438 g/mol. The predicted molar refractivity (Wildman–Crippen MR) is 105 cm³/mol. The van der Waals surface area contributed by atoms with Gasteiger partial charge in [-0.15, -0.1) is 0 Å². The van der Waals surface area contributed by atoms with Gasteiger partial charge in [0.1, 0.15) is 17.7 Å². The summed E-state index contributed by atoms with van der Waals surface area (Å²) in [5, 5.41) is 3.29. The van der Waals surface area contributed by atoms with Gasteiger partial charge in [-0.2, -0.15) is 26.3 Å². The largest absolute Gasteiger partial charge is 0.422 e. The number of fused-ring (bicyclic) bond motifs is 1. The number of hydrogen-bond acceptors (Lipinski definition) is 4. The van der Waals surface area contributed by atoms with Gasteiger partial charge in [0, 0.05) is 28.9 Å². The van der Waals surface area contributed by atoms with Gasteiger partial charge in [-0.25, -0.2) is 9.97 Å². The highest BCUT2D eigenvalue weighted by Gasteiger charge is 2.37. The van der Waals surface area contributed by atoms with Gasteiger partial charge in [-0.1, -0.05) is 6.07 Å². The molecule has 2 aromatic heterocycles. The highest BCUT2D eigenvalue weighted by Crippen LogP contribution is 2.35. The number of H-pyrrole nitrogens is 1. The van der Waals surface area contributed by atoms with Crippen molar-refractivity contribution in [3.8, 4) is 11.3 Å². The number of anilines is 2. The van der Waals surface area contributed by atoms with E-state index in [9.17, 15) is 31.1 Å². The maximum absolute atomic E-state index is 13.4. The number of hydrogen-bond donors (Lipinski definition) is 2. The molecule has 0 spiro atoms. The highest BCUT2D eigenvalue weighted by molar-refractivity contribution is 5.93. The van der Waals surface area contributed by atoms with Crippen molar-refractivity contribution < 1.29 is 26.3 Å². The van der Waals surface area contributed by atoms with Crippen molar-refractivity contribution in [2.24, 2.45) is 0 Å². The smallest absolute Gasteiger partial charge is 0.360 e. The average molecular weight is 450 g/mol. The molecule has 0 radical (unpaired) electrons. The first-order valence-corrected chi connectivity index (χ1v) is 9.02. The molecule has 2 N–H and O–H groups in total. The van der Waals surface area contributed by atoms with E-state index in [1.807, 2.05) is 0 Å². The number of rotatable bonds is 3. The fraction of sp³-hybridized carbons (Fsp3) is 0.0952. The molecule has 11 heteroatoms. The van der Waals surface area contributed by atoms with Gasteiger partial charge in [0.2, 0.25) is 0 Å². The molecular formula is C21H12F6N4O. The molecule has 0 aliphatic heterocycles. The second kappa shape index (κ2) is 7.66. The minimum absolute atomic E-state index is 0.0849.